The first-order valence-electron chi connectivity index (χ1n) is 6.93. The number of fused-ring (bicyclic) bond motifs is 1. The van der Waals surface area contributed by atoms with Gasteiger partial charge in [0, 0.05) is 16.6 Å². The molecule has 2 aromatic carbocycles. The van der Waals surface area contributed by atoms with Gasteiger partial charge in [-0.15, -0.1) is 0 Å². The van der Waals surface area contributed by atoms with E-state index in [1.54, 1.807) is 6.07 Å². The summed E-state index contributed by atoms with van der Waals surface area (Å²) in [5.74, 6) is 0.0611. The quantitative estimate of drug-likeness (QED) is 0.806. The molecule has 0 saturated heterocycles. The van der Waals surface area contributed by atoms with Crippen LogP contribution >= 0.6 is 15.9 Å². The Bertz CT molecular complexity index is 793. The van der Waals surface area contributed by atoms with Crippen LogP contribution in [-0.4, -0.2) is 19.1 Å². The summed E-state index contributed by atoms with van der Waals surface area (Å²) in [5, 5.41) is 2.47. The smallest absolute Gasteiger partial charge is 0.417 e. The summed E-state index contributed by atoms with van der Waals surface area (Å²) >= 11 is 3.26. The lowest BCUT2D eigenvalue weighted by molar-refractivity contribution is -0.137. The molecular formula is C16H11BrF3NO3. The summed E-state index contributed by atoms with van der Waals surface area (Å²) in [6.07, 6.45) is -4.61. The molecule has 1 aliphatic rings. The first-order valence-corrected chi connectivity index (χ1v) is 7.72. The zero-order chi connectivity index (χ0) is 17.3. The number of anilines is 1. The Labute approximate surface area is 143 Å². The van der Waals surface area contributed by atoms with Gasteiger partial charge in [0.15, 0.2) is 11.5 Å². The van der Waals surface area contributed by atoms with Gasteiger partial charge in [-0.1, -0.05) is 12.1 Å². The maximum Gasteiger partial charge on any atom is 0.417 e. The van der Waals surface area contributed by atoms with Crippen molar-refractivity contribution in [3.63, 3.8) is 0 Å². The van der Waals surface area contributed by atoms with Crippen LogP contribution in [0.25, 0.3) is 0 Å². The molecule has 0 saturated carbocycles. The van der Waals surface area contributed by atoms with Gasteiger partial charge < -0.3 is 14.8 Å². The molecule has 2 aromatic rings. The van der Waals surface area contributed by atoms with Crippen LogP contribution in [0.5, 0.6) is 11.5 Å². The summed E-state index contributed by atoms with van der Waals surface area (Å²) in [5.41, 5.74) is -1.15. The van der Waals surface area contributed by atoms with Crippen LogP contribution < -0.4 is 14.8 Å². The Hall–Kier alpha value is -2.22. The second-order valence-electron chi connectivity index (χ2n) is 4.97. The highest BCUT2D eigenvalue weighted by Gasteiger charge is 2.35. The first-order chi connectivity index (χ1) is 11.4. The summed E-state index contributed by atoms with van der Waals surface area (Å²) in [4.78, 5) is 12.3. The molecule has 3 rings (SSSR count). The summed E-state index contributed by atoms with van der Waals surface area (Å²) < 4.78 is 50.4. The van der Waals surface area contributed by atoms with E-state index in [1.807, 2.05) is 0 Å². The lowest BCUT2D eigenvalue weighted by atomic mass is 10.1. The average molecular weight is 402 g/mol. The van der Waals surface area contributed by atoms with Crippen molar-refractivity contribution < 1.29 is 27.4 Å². The third-order valence-corrected chi connectivity index (χ3v) is 4.01. The highest BCUT2D eigenvalue weighted by molar-refractivity contribution is 9.10. The molecule has 0 unspecified atom stereocenters. The topological polar surface area (TPSA) is 47.6 Å². The third-order valence-electron chi connectivity index (χ3n) is 3.36. The summed E-state index contributed by atoms with van der Waals surface area (Å²) in [6.45, 7) is 0.767. The molecule has 1 N–H and O–H groups in total. The number of alkyl halides is 3. The molecule has 1 aliphatic heterocycles. The van der Waals surface area contributed by atoms with Crippen molar-refractivity contribution in [2.24, 2.45) is 0 Å². The van der Waals surface area contributed by atoms with E-state index in [4.69, 9.17) is 9.47 Å². The Morgan fingerprint density at radius 1 is 1.08 bits per heavy atom. The maximum atomic E-state index is 13.0. The number of hydrogen-bond acceptors (Lipinski definition) is 3. The Morgan fingerprint density at radius 2 is 1.71 bits per heavy atom. The van der Waals surface area contributed by atoms with Crippen LogP contribution in [0.4, 0.5) is 18.9 Å². The Balaban J connectivity index is 1.91. The molecule has 0 bridgehead atoms. The summed E-state index contributed by atoms with van der Waals surface area (Å²) in [7, 11) is 0. The molecule has 1 heterocycles. The summed E-state index contributed by atoms with van der Waals surface area (Å²) in [6, 6.07) is 7.72. The number of carbonyl (C=O) groups excluding carboxylic acids is 1. The molecule has 8 heteroatoms. The van der Waals surface area contributed by atoms with E-state index in [0.717, 1.165) is 12.1 Å². The molecule has 24 heavy (non-hydrogen) atoms. The zero-order valence-corrected chi connectivity index (χ0v) is 13.7. The lowest BCUT2D eigenvalue weighted by Gasteiger charge is -2.20. The van der Waals surface area contributed by atoms with Gasteiger partial charge in [-0.05, 0) is 28.1 Å². The van der Waals surface area contributed by atoms with Gasteiger partial charge in [0.05, 0.1) is 16.8 Å². The highest BCUT2D eigenvalue weighted by atomic mass is 79.9. The third kappa shape index (κ3) is 3.33. The molecule has 0 aliphatic carbocycles. The minimum Gasteiger partial charge on any atom is -0.486 e. The highest BCUT2D eigenvalue weighted by Crippen LogP contribution is 2.39. The van der Waals surface area contributed by atoms with Gasteiger partial charge in [-0.2, -0.15) is 13.2 Å². The normalized spacial score (nSPS) is 13.5. The van der Waals surface area contributed by atoms with Crippen LogP contribution in [0.2, 0.25) is 0 Å². The molecule has 0 atom stereocenters. The number of hydrogen-bond donors (Lipinski definition) is 1. The first kappa shape index (κ1) is 16.6. The second-order valence-corrected chi connectivity index (χ2v) is 5.83. The Kier molecular flexibility index (Phi) is 4.40. The number of halogens is 4. The predicted molar refractivity (Wildman–Crippen MR) is 84.5 cm³/mol. The second kappa shape index (κ2) is 6.35. The number of rotatable bonds is 2. The fraction of sp³-hybridized carbons (Fsp3) is 0.188. The van der Waals surface area contributed by atoms with E-state index >= 15 is 0 Å². The van der Waals surface area contributed by atoms with E-state index in [1.165, 1.54) is 18.2 Å². The number of carbonyl (C=O) groups is 1. The molecule has 0 fully saturated rings. The predicted octanol–water partition coefficient (Wildman–Crippen LogP) is 4.49. The maximum absolute atomic E-state index is 13.0. The van der Waals surface area contributed by atoms with Crippen molar-refractivity contribution in [3.05, 3.63) is 52.0 Å². The van der Waals surface area contributed by atoms with Gasteiger partial charge in [0.25, 0.3) is 5.91 Å². The van der Waals surface area contributed by atoms with Crippen molar-refractivity contribution in [1.29, 1.82) is 0 Å². The van der Waals surface area contributed by atoms with Crippen molar-refractivity contribution >= 4 is 27.5 Å². The number of nitrogens with one attached hydrogen (secondary N) is 1. The van der Waals surface area contributed by atoms with Crippen LogP contribution in [0.3, 0.4) is 0 Å². The minimum atomic E-state index is -4.61. The standard InChI is InChI=1S/C16H11BrF3NO3/c17-11-7-13-14(24-6-5-23-13)8-12(11)21-15(22)9-3-1-2-4-10(9)16(18,19)20/h1-4,7-8H,5-6H2,(H,21,22). The van der Waals surface area contributed by atoms with E-state index in [2.05, 4.69) is 21.2 Å². The monoisotopic (exact) mass is 401 g/mol. The molecule has 0 spiro atoms. The largest absolute Gasteiger partial charge is 0.486 e. The fourth-order valence-corrected chi connectivity index (χ4v) is 2.70. The van der Waals surface area contributed by atoms with Gasteiger partial charge >= 0.3 is 6.18 Å². The molecular weight excluding hydrogens is 391 g/mol. The average Bonchev–Trinajstić information content (AvgIpc) is 2.54. The van der Waals surface area contributed by atoms with Crippen molar-refractivity contribution in [2.75, 3.05) is 18.5 Å². The van der Waals surface area contributed by atoms with Gasteiger partial charge in [0.2, 0.25) is 0 Å². The number of ether oxygens (including phenoxy) is 2. The van der Waals surface area contributed by atoms with E-state index in [0.29, 0.717) is 34.9 Å². The van der Waals surface area contributed by atoms with Crippen LogP contribution in [0.15, 0.2) is 40.9 Å². The Morgan fingerprint density at radius 3 is 2.38 bits per heavy atom. The molecule has 0 radical (unpaired) electrons. The molecule has 1 amide bonds. The zero-order valence-electron chi connectivity index (χ0n) is 12.1. The molecule has 0 aromatic heterocycles. The van der Waals surface area contributed by atoms with Crippen LogP contribution in [-0.2, 0) is 6.18 Å². The van der Waals surface area contributed by atoms with Crippen LogP contribution in [0.1, 0.15) is 15.9 Å². The fourth-order valence-electron chi connectivity index (χ4n) is 2.28. The molecule has 4 nitrogen and oxygen atoms in total. The van der Waals surface area contributed by atoms with Gasteiger partial charge in [-0.3, -0.25) is 4.79 Å². The SMILES string of the molecule is O=C(Nc1cc2c(cc1Br)OCCO2)c1ccccc1C(F)(F)F. The number of amides is 1. The van der Waals surface area contributed by atoms with Crippen molar-refractivity contribution in [3.8, 4) is 11.5 Å². The lowest BCUT2D eigenvalue weighted by Crippen LogP contribution is -2.19. The molecule has 126 valence electrons. The van der Waals surface area contributed by atoms with Crippen LogP contribution in [0, 0.1) is 0 Å². The minimum absolute atomic E-state index is 0.293. The van der Waals surface area contributed by atoms with Gasteiger partial charge in [-0.25, -0.2) is 0 Å². The van der Waals surface area contributed by atoms with E-state index in [9.17, 15) is 18.0 Å². The van der Waals surface area contributed by atoms with E-state index < -0.39 is 23.2 Å². The van der Waals surface area contributed by atoms with Crippen molar-refractivity contribution in [2.45, 2.75) is 6.18 Å². The number of benzene rings is 2. The van der Waals surface area contributed by atoms with Crippen molar-refractivity contribution in [1.82, 2.24) is 0 Å². The van der Waals surface area contributed by atoms with E-state index in [-0.39, 0.29) is 0 Å². The van der Waals surface area contributed by atoms with Gasteiger partial charge in [0.1, 0.15) is 13.2 Å².